The molecule has 0 unspecified atom stereocenters. The van der Waals surface area contributed by atoms with Crippen molar-refractivity contribution in [1.29, 1.82) is 5.26 Å². The van der Waals surface area contributed by atoms with Gasteiger partial charge in [0.1, 0.15) is 5.82 Å². The molecule has 0 saturated carbocycles. The number of sulfone groups is 1. The Balaban J connectivity index is 2.01. The standard InChI is InChI=1S/C11H16N4O2S2/c1-15-10(9-4-7-19(16,17)8-9)13-14-11(15)18-6-3-2-5-12/h9H,2-4,6-8H2,1H3/t9-/m1/s1. The first-order chi connectivity index (χ1) is 9.03. The number of thioether (sulfide) groups is 1. The lowest BCUT2D eigenvalue weighted by Crippen LogP contribution is -2.09. The van der Waals surface area contributed by atoms with E-state index in [-0.39, 0.29) is 17.4 Å². The fourth-order valence-corrected chi connectivity index (χ4v) is 4.72. The number of hydrogen-bond donors (Lipinski definition) is 0. The second kappa shape index (κ2) is 5.92. The summed E-state index contributed by atoms with van der Waals surface area (Å²) >= 11 is 1.56. The summed E-state index contributed by atoms with van der Waals surface area (Å²) in [5.41, 5.74) is 0. The quantitative estimate of drug-likeness (QED) is 0.598. The summed E-state index contributed by atoms with van der Waals surface area (Å²) in [5, 5.41) is 17.5. The van der Waals surface area contributed by atoms with Crippen molar-refractivity contribution in [2.24, 2.45) is 7.05 Å². The molecule has 0 aliphatic carbocycles. The third kappa shape index (κ3) is 3.48. The van der Waals surface area contributed by atoms with E-state index < -0.39 is 9.84 Å². The van der Waals surface area contributed by atoms with Crippen LogP contribution in [0.25, 0.3) is 0 Å². The predicted octanol–water partition coefficient (Wildman–Crippen LogP) is 1.11. The Morgan fingerprint density at radius 1 is 1.53 bits per heavy atom. The van der Waals surface area contributed by atoms with Gasteiger partial charge in [-0.25, -0.2) is 8.42 Å². The lowest BCUT2D eigenvalue weighted by Gasteiger charge is -2.07. The van der Waals surface area contributed by atoms with E-state index in [2.05, 4.69) is 16.3 Å². The van der Waals surface area contributed by atoms with Crippen molar-refractivity contribution in [3.05, 3.63) is 5.82 Å². The van der Waals surface area contributed by atoms with E-state index in [9.17, 15) is 8.42 Å². The Hall–Kier alpha value is -1.07. The van der Waals surface area contributed by atoms with Gasteiger partial charge in [-0.2, -0.15) is 5.26 Å². The lowest BCUT2D eigenvalue weighted by atomic mass is 10.1. The van der Waals surface area contributed by atoms with E-state index in [0.717, 1.165) is 23.2 Å². The fourth-order valence-electron chi connectivity index (χ4n) is 2.12. The van der Waals surface area contributed by atoms with Crippen LogP contribution in [0.15, 0.2) is 5.16 Å². The molecule has 1 aromatic heterocycles. The molecule has 0 spiro atoms. The number of rotatable bonds is 5. The molecule has 0 N–H and O–H groups in total. The Morgan fingerprint density at radius 3 is 2.95 bits per heavy atom. The molecule has 2 heterocycles. The van der Waals surface area contributed by atoms with Crippen molar-refractivity contribution >= 4 is 21.6 Å². The fraction of sp³-hybridized carbons (Fsp3) is 0.727. The van der Waals surface area contributed by atoms with E-state index in [1.165, 1.54) is 0 Å². The number of unbranched alkanes of at least 4 members (excludes halogenated alkanes) is 1. The van der Waals surface area contributed by atoms with Crippen molar-refractivity contribution in [2.45, 2.75) is 30.3 Å². The van der Waals surface area contributed by atoms with Crippen LogP contribution in [-0.2, 0) is 16.9 Å². The number of hydrogen-bond acceptors (Lipinski definition) is 6. The largest absolute Gasteiger partial charge is 0.309 e. The van der Waals surface area contributed by atoms with Crippen LogP contribution in [0, 0.1) is 11.3 Å². The highest BCUT2D eigenvalue weighted by molar-refractivity contribution is 7.99. The van der Waals surface area contributed by atoms with E-state index in [0.29, 0.717) is 12.8 Å². The summed E-state index contributed by atoms with van der Waals surface area (Å²) in [6.07, 6.45) is 1.99. The molecule has 6 nitrogen and oxygen atoms in total. The maximum Gasteiger partial charge on any atom is 0.190 e. The van der Waals surface area contributed by atoms with Crippen LogP contribution in [0.4, 0.5) is 0 Å². The van der Waals surface area contributed by atoms with Crippen LogP contribution >= 0.6 is 11.8 Å². The molecule has 0 bridgehead atoms. The first-order valence-electron chi connectivity index (χ1n) is 6.13. The Bertz CT molecular complexity index is 588. The minimum Gasteiger partial charge on any atom is -0.309 e. The van der Waals surface area contributed by atoms with Gasteiger partial charge in [0.2, 0.25) is 0 Å². The SMILES string of the molecule is Cn1c(SCCCC#N)nnc1[C@@H]1CCS(=O)(=O)C1. The third-order valence-corrected chi connectivity index (χ3v) is 6.00. The van der Waals surface area contributed by atoms with Crippen molar-refractivity contribution in [2.75, 3.05) is 17.3 Å². The van der Waals surface area contributed by atoms with E-state index in [4.69, 9.17) is 5.26 Å². The number of nitrogens with zero attached hydrogens (tertiary/aromatic N) is 4. The molecule has 1 aromatic rings. The topological polar surface area (TPSA) is 88.6 Å². The average molecular weight is 300 g/mol. The van der Waals surface area contributed by atoms with Crippen LogP contribution in [0.1, 0.15) is 31.0 Å². The highest BCUT2D eigenvalue weighted by atomic mass is 32.2. The smallest absolute Gasteiger partial charge is 0.190 e. The minimum atomic E-state index is -2.90. The van der Waals surface area contributed by atoms with Gasteiger partial charge in [-0.3, -0.25) is 0 Å². The molecular formula is C11H16N4O2S2. The van der Waals surface area contributed by atoms with Gasteiger partial charge in [-0.15, -0.1) is 10.2 Å². The van der Waals surface area contributed by atoms with Gasteiger partial charge in [-0.05, 0) is 12.8 Å². The Kier molecular flexibility index (Phi) is 4.47. The monoisotopic (exact) mass is 300 g/mol. The zero-order chi connectivity index (χ0) is 13.9. The lowest BCUT2D eigenvalue weighted by molar-refractivity contribution is 0.599. The van der Waals surface area contributed by atoms with Crippen LogP contribution < -0.4 is 0 Å². The van der Waals surface area contributed by atoms with Crippen molar-refractivity contribution < 1.29 is 8.42 Å². The minimum absolute atomic E-state index is 0.0315. The summed E-state index contributed by atoms with van der Waals surface area (Å²) < 4.78 is 24.8. The maximum absolute atomic E-state index is 11.5. The molecule has 1 atom stereocenters. The molecule has 8 heteroatoms. The number of nitriles is 1. The molecule has 1 saturated heterocycles. The number of aromatic nitrogens is 3. The maximum atomic E-state index is 11.5. The highest BCUT2D eigenvalue weighted by Crippen LogP contribution is 2.29. The molecule has 104 valence electrons. The zero-order valence-corrected chi connectivity index (χ0v) is 12.4. The summed E-state index contributed by atoms with van der Waals surface area (Å²) in [6, 6.07) is 2.10. The molecule has 19 heavy (non-hydrogen) atoms. The normalized spacial score (nSPS) is 21.4. The average Bonchev–Trinajstić information content (AvgIpc) is 2.89. The van der Waals surface area contributed by atoms with Crippen LogP contribution in [-0.4, -0.2) is 40.4 Å². The van der Waals surface area contributed by atoms with Gasteiger partial charge < -0.3 is 4.57 Å². The second-order valence-electron chi connectivity index (χ2n) is 4.61. The zero-order valence-electron chi connectivity index (χ0n) is 10.7. The highest BCUT2D eigenvalue weighted by Gasteiger charge is 2.32. The summed E-state index contributed by atoms with van der Waals surface area (Å²) in [4.78, 5) is 0. The molecule has 0 amide bonds. The molecule has 0 radical (unpaired) electrons. The van der Waals surface area contributed by atoms with Gasteiger partial charge in [0, 0.05) is 25.1 Å². The first kappa shape index (κ1) is 14.3. The van der Waals surface area contributed by atoms with Crippen LogP contribution in [0.2, 0.25) is 0 Å². The molecule has 0 aromatic carbocycles. The first-order valence-corrected chi connectivity index (χ1v) is 8.93. The van der Waals surface area contributed by atoms with Crippen LogP contribution in [0.3, 0.4) is 0 Å². The van der Waals surface area contributed by atoms with Gasteiger partial charge in [0.25, 0.3) is 0 Å². The third-order valence-electron chi connectivity index (χ3n) is 3.13. The van der Waals surface area contributed by atoms with Crippen LogP contribution in [0.5, 0.6) is 0 Å². The molecule has 1 aliphatic rings. The van der Waals surface area contributed by atoms with Gasteiger partial charge in [0.15, 0.2) is 15.0 Å². The summed E-state index contributed by atoms with van der Waals surface area (Å²) in [6.45, 7) is 0. The Labute approximate surface area is 117 Å². The second-order valence-corrected chi connectivity index (χ2v) is 7.90. The molecule has 2 rings (SSSR count). The van der Waals surface area contributed by atoms with Crippen molar-refractivity contribution in [3.63, 3.8) is 0 Å². The summed E-state index contributed by atoms with van der Waals surface area (Å²) in [7, 11) is -1.03. The molecule has 1 aliphatic heterocycles. The molecular weight excluding hydrogens is 284 g/mol. The van der Waals surface area contributed by atoms with Gasteiger partial charge >= 0.3 is 0 Å². The van der Waals surface area contributed by atoms with Gasteiger partial charge in [-0.1, -0.05) is 11.8 Å². The van der Waals surface area contributed by atoms with E-state index >= 15 is 0 Å². The van der Waals surface area contributed by atoms with E-state index in [1.54, 1.807) is 11.8 Å². The molecule has 1 fully saturated rings. The van der Waals surface area contributed by atoms with Crippen molar-refractivity contribution in [1.82, 2.24) is 14.8 Å². The summed E-state index contributed by atoms with van der Waals surface area (Å²) in [5.74, 6) is 1.97. The van der Waals surface area contributed by atoms with E-state index in [1.807, 2.05) is 11.6 Å². The Morgan fingerprint density at radius 2 is 2.32 bits per heavy atom. The van der Waals surface area contributed by atoms with Gasteiger partial charge in [0.05, 0.1) is 17.6 Å². The predicted molar refractivity (Wildman–Crippen MR) is 72.6 cm³/mol. The van der Waals surface area contributed by atoms with Crippen molar-refractivity contribution in [3.8, 4) is 6.07 Å².